The number of aldehydes is 1. The van der Waals surface area contributed by atoms with Crippen LogP contribution in [-0.2, 0) is 6.61 Å². The third-order valence-corrected chi connectivity index (χ3v) is 2.89. The predicted octanol–water partition coefficient (Wildman–Crippen LogP) is 3.88. The van der Waals surface area contributed by atoms with E-state index in [0.29, 0.717) is 22.6 Å². The van der Waals surface area contributed by atoms with Crippen molar-refractivity contribution in [2.24, 2.45) is 0 Å². The van der Waals surface area contributed by atoms with Crippen molar-refractivity contribution in [1.29, 1.82) is 0 Å². The zero-order chi connectivity index (χ0) is 14.5. The van der Waals surface area contributed by atoms with Crippen LogP contribution in [0.4, 0.5) is 4.39 Å². The van der Waals surface area contributed by atoms with Crippen LogP contribution in [0.3, 0.4) is 0 Å². The van der Waals surface area contributed by atoms with Crippen LogP contribution in [0.5, 0.6) is 11.5 Å². The third kappa shape index (κ3) is 3.27. The van der Waals surface area contributed by atoms with Crippen LogP contribution in [0, 0.1) is 5.82 Å². The summed E-state index contributed by atoms with van der Waals surface area (Å²) in [6.45, 7) is 0.122. The number of ether oxygens (including phenoxy) is 2. The van der Waals surface area contributed by atoms with Gasteiger partial charge in [0.1, 0.15) is 12.4 Å². The van der Waals surface area contributed by atoms with Crippen molar-refractivity contribution in [2.45, 2.75) is 6.61 Å². The number of rotatable bonds is 5. The second kappa shape index (κ2) is 6.39. The molecule has 0 aliphatic rings. The molecule has 0 saturated heterocycles. The minimum absolute atomic E-state index is 0.122. The SMILES string of the molecule is COc1cc(Cl)cc(C=O)c1OCc1cccc(F)c1. The summed E-state index contributed by atoms with van der Waals surface area (Å²) in [5.74, 6) is 0.303. The molecule has 0 atom stereocenters. The van der Waals surface area contributed by atoms with Gasteiger partial charge in [-0.1, -0.05) is 23.7 Å². The molecule has 2 aromatic carbocycles. The van der Waals surface area contributed by atoms with Gasteiger partial charge >= 0.3 is 0 Å². The Balaban J connectivity index is 2.26. The molecular weight excluding hydrogens is 283 g/mol. The Hall–Kier alpha value is -2.07. The normalized spacial score (nSPS) is 10.2. The quantitative estimate of drug-likeness (QED) is 0.785. The number of halogens is 2. The highest BCUT2D eigenvalue weighted by molar-refractivity contribution is 6.31. The van der Waals surface area contributed by atoms with E-state index in [9.17, 15) is 9.18 Å². The summed E-state index contributed by atoms with van der Waals surface area (Å²) in [6.07, 6.45) is 0.634. The molecule has 0 spiro atoms. The smallest absolute Gasteiger partial charge is 0.172 e. The van der Waals surface area contributed by atoms with Crippen molar-refractivity contribution in [3.63, 3.8) is 0 Å². The highest BCUT2D eigenvalue weighted by Gasteiger charge is 2.12. The maximum atomic E-state index is 13.1. The third-order valence-electron chi connectivity index (χ3n) is 2.67. The first-order valence-electron chi connectivity index (χ1n) is 5.84. The first-order chi connectivity index (χ1) is 9.63. The van der Waals surface area contributed by atoms with Crippen molar-refractivity contribution in [2.75, 3.05) is 7.11 Å². The average molecular weight is 295 g/mol. The summed E-state index contributed by atoms with van der Waals surface area (Å²) in [6, 6.07) is 9.07. The minimum Gasteiger partial charge on any atom is -0.493 e. The molecule has 2 rings (SSSR count). The van der Waals surface area contributed by atoms with Crippen LogP contribution in [0.1, 0.15) is 15.9 Å². The van der Waals surface area contributed by atoms with Crippen molar-refractivity contribution >= 4 is 17.9 Å². The molecule has 0 aliphatic heterocycles. The Labute approximate surface area is 120 Å². The lowest BCUT2D eigenvalue weighted by Gasteiger charge is -2.13. The number of hydrogen-bond acceptors (Lipinski definition) is 3. The van der Waals surface area contributed by atoms with E-state index in [-0.39, 0.29) is 23.7 Å². The minimum atomic E-state index is -0.343. The van der Waals surface area contributed by atoms with E-state index in [0.717, 1.165) is 0 Å². The van der Waals surface area contributed by atoms with Crippen LogP contribution in [0.25, 0.3) is 0 Å². The molecule has 0 aliphatic carbocycles. The zero-order valence-electron chi connectivity index (χ0n) is 10.7. The van der Waals surface area contributed by atoms with Gasteiger partial charge < -0.3 is 9.47 Å². The fraction of sp³-hybridized carbons (Fsp3) is 0.133. The number of hydrogen-bond donors (Lipinski definition) is 0. The van der Waals surface area contributed by atoms with Gasteiger partial charge in [0.15, 0.2) is 17.8 Å². The number of carbonyl (C=O) groups excluding carboxylic acids is 1. The Morgan fingerprint density at radius 2 is 2.10 bits per heavy atom. The number of benzene rings is 2. The molecule has 3 nitrogen and oxygen atoms in total. The van der Waals surface area contributed by atoms with Gasteiger partial charge in [-0.25, -0.2) is 4.39 Å². The van der Waals surface area contributed by atoms with Gasteiger partial charge in [0.05, 0.1) is 12.7 Å². The summed E-state index contributed by atoms with van der Waals surface area (Å²) in [4.78, 5) is 11.1. The first-order valence-corrected chi connectivity index (χ1v) is 6.22. The van der Waals surface area contributed by atoms with E-state index < -0.39 is 0 Å². The van der Waals surface area contributed by atoms with E-state index in [1.54, 1.807) is 18.2 Å². The van der Waals surface area contributed by atoms with E-state index in [2.05, 4.69) is 0 Å². The monoisotopic (exact) mass is 294 g/mol. The molecule has 0 fully saturated rings. The largest absolute Gasteiger partial charge is 0.493 e. The van der Waals surface area contributed by atoms with Gasteiger partial charge in [0, 0.05) is 11.1 Å². The summed E-state index contributed by atoms with van der Waals surface area (Å²) in [5, 5.41) is 0.377. The lowest BCUT2D eigenvalue weighted by atomic mass is 10.2. The Bertz CT molecular complexity index is 629. The van der Waals surface area contributed by atoms with E-state index in [1.165, 1.54) is 25.3 Å². The summed E-state index contributed by atoms with van der Waals surface area (Å²) >= 11 is 5.87. The molecule has 0 saturated carbocycles. The van der Waals surface area contributed by atoms with Gasteiger partial charge in [-0.3, -0.25) is 4.79 Å². The molecule has 104 valence electrons. The lowest BCUT2D eigenvalue weighted by molar-refractivity contribution is 0.111. The van der Waals surface area contributed by atoms with Crippen molar-refractivity contribution in [3.05, 3.63) is 58.4 Å². The van der Waals surface area contributed by atoms with Crippen LogP contribution in [0.2, 0.25) is 5.02 Å². The fourth-order valence-electron chi connectivity index (χ4n) is 1.76. The summed E-state index contributed by atoms with van der Waals surface area (Å²) < 4.78 is 23.8. The maximum Gasteiger partial charge on any atom is 0.172 e. The molecule has 0 radical (unpaired) electrons. The van der Waals surface area contributed by atoms with Gasteiger partial charge in [-0.05, 0) is 23.8 Å². The number of methoxy groups -OCH3 is 1. The summed E-state index contributed by atoms with van der Waals surface area (Å²) in [7, 11) is 1.45. The van der Waals surface area contributed by atoms with Crippen molar-refractivity contribution in [1.82, 2.24) is 0 Å². The fourth-order valence-corrected chi connectivity index (χ4v) is 1.98. The number of carbonyl (C=O) groups is 1. The molecule has 0 N–H and O–H groups in total. The van der Waals surface area contributed by atoms with Gasteiger partial charge in [-0.15, -0.1) is 0 Å². The highest BCUT2D eigenvalue weighted by atomic mass is 35.5. The van der Waals surface area contributed by atoms with Gasteiger partial charge in [-0.2, -0.15) is 0 Å². The van der Waals surface area contributed by atoms with E-state index in [4.69, 9.17) is 21.1 Å². The van der Waals surface area contributed by atoms with Gasteiger partial charge in [0.2, 0.25) is 0 Å². The van der Waals surface area contributed by atoms with E-state index in [1.807, 2.05) is 0 Å². The maximum absolute atomic E-state index is 13.1. The molecular formula is C15H12ClFO3. The molecule has 5 heteroatoms. The van der Waals surface area contributed by atoms with Crippen LogP contribution in [0.15, 0.2) is 36.4 Å². The van der Waals surface area contributed by atoms with Crippen molar-refractivity contribution in [3.8, 4) is 11.5 Å². The molecule has 20 heavy (non-hydrogen) atoms. The predicted molar refractivity (Wildman–Crippen MR) is 74.1 cm³/mol. The van der Waals surface area contributed by atoms with Crippen molar-refractivity contribution < 1.29 is 18.7 Å². The zero-order valence-corrected chi connectivity index (χ0v) is 11.5. The Morgan fingerprint density at radius 3 is 2.75 bits per heavy atom. The second-order valence-corrected chi connectivity index (χ2v) is 4.50. The molecule has 0 heterocycles. The Morgan fingerprint density at radius 1 is 1.30 bits per heavy atom. The first kappa shape index (κ1) is 14.3. The standard InChI is InChI=1S/C15H12ClFO3/c1-19-14-7-12(16)6-11(8-18)15(14)20-9-10-3-2-4-13(17)5-10/h2-8H,9H2,1H3. The highest BCUT2D eigenvalue weighted by Crippen LogP contribution is 2.34. The summed E-state index contributed by atoms with van der Waals surface area (Å²) in [5.41, 5.74) is 0.935. The molecule has 0 unspecified atom stereocenters. The molecule has 0 bridgehead atoms. The Kier molecular flexibility index (Phi) is 4.58. The average Bonchev–Trinajstić information content (AvgIpc) is 2.45. The van der Waals surface area contributed by atoms with Gasteiger partial charge in [0.25, 0.3) is 0 Å². The van der Waals surface area contributed by atoms with Crippen LogP contribution < -0.4 is 9.47 Å². The molecule has 0 aromatic heterocycles. The van der Waals surface area contributed by atoms with Crippen LogP contribution >= 0.6 is 11.6 Å². The molecule has 0 amide bonds. The topological polar surface area (TPSA) is 35.5 Å². The van der Waals surface area contributed by atoms with E-state index >= 15 is 0 Å². The second-order valence-electron chi connectivity index (χ2n) is 4.06. The van der Waals surface area contributed by atoms with Crippen LogP contribution in [-0.4, -0.2) is 13.4 Å². The molecule has 2 aromatic rings. The lowest BCUT2D eigenvalue weighted by Crippen LogP contribution is -2.01.